The highest BCUT2D eigenvalue weighted by Gasteiger charge is 2.16. The van der Waals surface area contributed by atoms with Crippen LogP contribution in [-0.2, 0) is 11.9 Å². The summed E-state index contributed by atoms with van der Waals surface area (Å²) in [5, 5.41) is 2.34. The van der Waals surface area contributed by atoms with Gasteiger partial charge in [0.25, 0.3) is 0 Å². The number of halogens is 1. The number of aromatic nitrogens is 1. The number of fused-ring (bicyclic) bond motifs is 1. The maximum absolute atomic E-state index is 3.52. The molecule has 0 unspecified atom stereocenters. The molecule has 0 aliphatic carbocycles. The fraction of sp³-hybridized carbons (Fsp3) is 0.300. The van der Waals surface area contributed by atoms with Gasteiger partial charge in [0, 0.05) is 6.07 Å². The van der Waals surface area contributed by atoms with E-state index in [0.717, 1.165) is 11.9 Å². The van der Waals surface area contributed by atoms with Crippen LogP contribution in [0.2, 0.25) is 0 Å². The Labute approximate surface area is 90.1 Å². The third-order valence-corrected chi connectivity index (χ3v) is 4.18. The first kappa shape index (κ1) is 9.16. The van der Waals surface area contributed by atoms with Gasteiger partial charge in [0.1, 0.15) is 11.2 Å². The summed E-state index contributed by atoms with van der Waals surface area (Å²) in [6.45, 7) is 3.23. The minimum atomic E-state index is 0.945. The summed E-state index contributed by atoms with van der Waals surface area (Å²) in [4.78, 5) is 0. The Kier molecular flexibility index (Phi) is 2.65. The summed E-state index contributed by atoms with van der Waals surface area (Å²) in [5.41, 5.74) is 1.35. The third-order valence-electron chi connectivity index (χ3n) is 2.12. The van der Waals surface area contributed by atoms with Crippen LogP contribution in [0.1, 0.15) is 11.9 Å². The second kappa shape index (κ2) is 3.76. The predicted octanol–water partition coefficient (Wildman–Crippen LogP) is 3.10. The van der Waals surface area contributed by atoms with E-state index in [1.165, 1.54) is 15.2 Å². The Morgan fingerprint density at radius 1 is 1.38 bits per heavy atom. The van der Waals surface area contributed by atoms with Crippen molar-refractivity contribution in [3.8, 4) is 0 Å². The van der Waals surface area contributed by atoms with E-state index in [1.807, 2.05) is 11.3 Å². The van der Waals surface area contributed by atoms with Crippen molar-refractivity contribution in [1.82, 2.24) is 0 Å². The molecule has 1 nitrogen and oxygen atoms in total. The van der Waals surface area contributed by atoms with E-state index >= 15 is 0 Å². The molecule has 3 heteroatoms. The molecule has 0 atom stereocenters. The Hall–Kier alpha value is -0.410. The molecule has 1 heterocycles. The average molecular weight is 257 g/mol. The second-order valence-corrected chi connectivity index (χ2v) is 4.52. The van der Waals surface area contributed by atoms with Crippen molar-refractivity contribution in [3.63, 3.8) is 0 Å². The Morgan fingerprint density at radius 3 is 2.85 bits per heavy atom. The normalized spacial score (nSPS) is 10.9. The lowest BCUT2D eigenvalue weighted by molar-refractivity contribution is -0.669. The predicted molar refractivity (Wildman–Crippen MR) is 60.3 cm³/mol. The molecule has 1 aromatic carbocycles. The van der Waals surface area contributed by atoms with Crippen LogP contribution in [0, 0.1) is 0 Å². The molecule has 0 aliphatic rings. The molecule has 13 heavy (non-hydrogen) atoms. The fourth-order valence-electron chi connectivity index (χ4n) is 1.53. The van der Waals surface area contributed by atoms with Gasteiger partial charge in [0.15, 0.2) is 0 Å². The van der Waals surface area contributed by atoms with Gasteiger partial charge in [-0.25, -0.2) is 0 Å². The largest absolute Gasteiger partial charge is 0.249 e. The molecule has 2 rings (SSSR count). The monoisotopic (exact) mass is 256 g/mol. The Morgan fingerprint density at radius 2 is 2.15 bits per heavy atom. The van der Waals surface area contributed by atoms with Crippen LogP contribution in [0.5, 0.6) is 0 Å². The van der Waals surface area contributed by atoms with Crippen molar-refractivity contribution in [1.29, 1.82) is 0 Å². The number of alkyl halides is 1. The number of nitrogens with zero attached hydrogens (tertiary/aromatic N) is 1. The van der Waals surface area contributed by atoms with Crippen LogP contribution in [-0.4, -0.2) is 0 Å². The summed E-state index contributed by atoms with van der Waals surface area (Å²) in [6, 6.07) is 8.55. The number of para-hydroxylation sites is 1. The van der Waals surface area contributed by atoms with Gasteiger partial charge >= 0.3 is 0 Å². The molecule has 0 spiro atoms. The van der Waals surface area contributed by atoms with Gasteiger partial charge < -0.3 is 0 Å². The highest BCUT2D eigenvalue weighted by molar-refractivity contribution is 9.08. The number of rotatable bonds is 2. The first-order chi connectivity index (χ1) is 6.36. The number of hydrogen-bond donors (Lipinski definition) is 0. The smallest absolute Gasteiger partial charge is 0.185 e. The quantitative estimate of drug-likeness (QED) is 0.575. The fourth-order valence-corrected chi connectivity index (χ4v) is 3.25. The van der Waals surface area contributed by atoms with Crippen molar-refractivity contribution < 1.29 is 4.57 Å². The van der Waals surface area contributed by atoms with E-state index in [2.05, 4.69) is 51.7 Å². The molecule has 0 saturated carbocycles. The van der Waals surface area contributed by atoms with Crippen molar-refractivity contribution in [3.05, 3.63) is 29.3 Å². The van der Waals surface area contributed by atoms with Crippen molar-refractivity contribution >= 4 is 37.5 Å². The van der Waals surface area contributed by atoms with Gasteiger partial charge in [-0.2, -0.15) is 4.57 Å². The minimum absolute atomic E-state index is 0.945. The van der Waals surface area contributed by atoms with E-state index in [4.69, 9.17) is 0 Å². The molecule has 0 bridgehead atoms. The van der Waals surface area contributed by atoms with E-state index in [1.54, 1.807) is 0 Å². The SMILES string of the molecule is CC[n+]1c(CBr)sc2ccccc21. The van der Waals surface area contributed by atoms with Crippen LogP contribution >= 0.6 is 27.3 Å². The highest BCUT2D eigenvalue weighted by Crippen LogP contribution is 2.21. The van der Waals surface area contributed by atoms with Crippen LogP contribution in [0.4, 0.5) is 0 Å². The minimum Gasteiger partial charge on any atom is -0.185 e. The van der Waals surface area contributed by atoms with Gasteiger partial charge in [-0.05, 0) is 13.0 Å². The van der Waals surface area contributed by atoms with Crippen LogP contribution in [0.3, 0.4) is 0 Å². The lowest BCUT2D eigenvalue weighted by atomic mass is 10.3. The molecule has 0 radical (unpaired) electrons. The first-order valence-electron chi connectivity index (χ1n) is 4.33. The maximum Gasteiger partial charge on any atom is 0.249 e. The number of thiazole rings is 1. The van der Waals surface area contributed by atoms with Crippen molar-refractivity contribution in [2.45, 2.75) is 18.8 Å². The maximum atomic E-state index is 3.52. The molecule has 0 fully saturated rings. The standard InChI is InChI=1S/C10H11BrNS/c1-2-12-8-5-3-4-6-9(8)13-10(12)7-11/h3-6H,2,7H2,1H3/q+1. The van der Waals surface area contributed by atoms with E-state index in [0.29, 0.717) is 0 Å². The number of aryl methyl sites for hydroxylation is 1. The lowest BCUT2D eigenvalue weighted by Gasteiger charge is -1.90. The number of benzene rings is 1. The van der Waals surface area contributed by atoms with Gasteiger partial charge in [0.05, 0.1) is 5.33 Å². The van der Waals surface area contributed by atoms with E-state index in [-0.39, 0.29) is 0 Å². The van der Waals surface area contributed by atoms with E-state index < -0.39 is 0 Å². The molecule has 1 aromatic heterocycles. The summed E-state index contributed by atoms with van der Waals surface area (Å²) in [7, 11) is 0. The number of hydrogen-bond acceptors (Lipinski definition) is 1. The highest BCUT2D eigenvalue weighted by atomic mass is 79.9. The summed E-state index contributed by atoms with van der Waals surface area (Å²) in [6.07, 6.45) is 0. The summed E-state index contributed by atoms with van der Waals surface area (Å²) < 4.78 is 3.73. The molecule has 68 valence electrons. The van der Waals surface area contributed by atoms with Crippen LogP contribution in [0.25, 0.3) is 10.2 Å². The van der Waals surface area contributed by atoms with Gasteiger partial charge in [-0.15, -0.1) is 0 Å². The van der Waals surface area contributed by atoms with Gasteiger partial charge in [-0.3, -0.25) is 0 Å². The zero-order valence-corrected chi connectivity index (χ0v) is 9.86. The molecule has 0 saturated heterocycles. The van der Waals surface area contributed by atoms with Crippen LogP contribution in [0.15, 0.2) is 24.3 Å². The summed E-state index contributed by atoms with van der Waals surface area (Å²) >= 11 is 5.38. The molecule has 0 aliphatic heterocycles. The third kappa shape index (κ3) is 1.51. The molecular weight excluding hydrogens is 246 g/mol. The molecule has 0 amide bonds. The topological polar surface area (TPSA) is 3.88 Å². The molecular formula is C10H11BrNS+. The Bertz CT molecular complexity index is 422. The van der Waals surface area contributed by atoms with Crippen LogP contribution < -0.4 is 4.57 Å². The van der Waals surface area contributed by atoms with Gasteiger partial charge in [0.2, 0.25) is 10.5 Å². The van der Waals surface area contributed by atoms with E-state index in [9.17, 15) is 0 Å². The molecule has 2 aromatic rings. The van der Waals surface area contributed by atoms with Crippen molar-refractivity contribution in [2.24, 2.45) is 0 Å². The summed E-state index contributed by atoms with van der Waals surface area (Å²) in [5.74, 6) is 0. The lowest BCUT2D eigenvalue weighted by Crippen LogP contribution is -2.34. The zero-order valence-electron chi connectivity index (χ0n) is 7.46. The second-order valence-electron chi connectivity index (χ2n) is 2.84. The van der Waals surface area contributed by atoms with Crippen molar-refractivity contribution in [2.75, 3.05) is 0 Å². The Balaban J connectivity index is 2.73. The van der Waals surface area contributed by atoms with Gasteiger partial charge in [-0.1, -0.05) is 39.4 Å². The molecule has 0 N–H and O–H groups in total. The average Bonchev–Trinajstić information content (AvgIpc) is 2.55. The zero-order chi connectivity index (χ0) is 9.26. The first-order valence-corrected chi connectivity index (χ1v) is 6.26.